The predicted molar refractivity (Wildman–Crippen MR) is 95.6 cm³/mol. The van der Waals surface area contributed by atoms with E-state index >= 15 is 0 Å². The molecule has 5 nitrogen and oxygen atoms in total. The highest BCUT2D eigenvalue weighted by molar-refractivity contribution is 5.74. The summed E-state index contributed by atoms with van der Waals surface area (Å²) in [5.74, 6) is 2.20. The van der Waals surface area contributed by atoms with Crippen LogP contribution in [-0.2, 0) is 0 Å². The highest BCUT2D eigenvalue weighted by Gasteiger charge is 2.27. The van der Waals surface area contributed by atoms with Gasteiger partial charge in [0, 0.05) is 45.8 Å². The summed E-state index contributed by atoms with van der Waals surface area (Å²) in [7, 11) is 2.16. The third kappa shape index (κ3) is 5.96. The summed E-state index contributed by atoms with van der Waals surface area (Å²) in [5.41, 5.74) is 0. The Bertz CT molecular complexity index is 366. The van der Waals surface area contributed by atoms with Crippen molar-refractivity contribution in [2.24, 2.45) is 17.8 Å². The molecule has 0 radical (unpaired) electrons. The van der Waals surface area contributed by atoms with Crippen LogP contribution in [0.4, 0.5) is 4.79 Å². The van der Waals surface area contributed by atoms with Crippen molar-refractivity contribution in [2.75, 3.05) is 59.4 Å². The third-order valence-electron chi connectivity index (χ3n) is 5.33. The number of urea groups is 1. The normalized spacial score (nSPS) is 29.3. The fourth-order valence-electron chi connectivity index (χ4n) is 4.14. The van der Waals surface area contributed by atoms with Crippen LogP contribution < -0.4 is 5.32 Å². The van der Waals surface area contributed by atoms with E-state index in [1.165, 1.54) is 19.5 Å². The predicted octanol–water partition coefficient (Wildman–Crippen LogP) is 1.95. The minimum absolute atomic E-state index is 0.129. The van der Waals surface area contributed by atoms with Crippen LogP contribution in [0, 0.1) is 17.8 Å². The number of nitrogens with one attached hydrogen (secondary N) is 1. The highest BCUT2D eigenvalue weighted by atomic mass is 16.2. The fourth-order valence-corrected chi connectivity index (χ4v) is 4.14. The van der Waals surface area contributed by atoms with Gasteiger partial charge in [-0.05, 0) is 44.2 Å². The Morgan fingerprint density at radius 1 is 1.22 bits per heavy atom. The lowest BCUT2D eigenvalue weighted by atomic mass is 9.92. The maximum Gasteiger partial charge on any atom is 0.317 e. The van der Waals surface area contributed by atoms with E-state index in [1.807, 2.05) is 4.90 Å². The molecule has 0 aromatic rings. The van der Waals surface area contributed by atoms with E-state index in [1.54, 1.807) is 0 Å². The third-order valence-corrected chi connectivity index (χ3v) is 5.33. The van der Waals surface area contributed by atoms with E-state index in [0.29, 0.717) is 5.92 Å². The van der Waals surface area contributed by atoms with Crippen molar-refractivity contribution >= 4 is 6.03 Å². The van der Waals surface area contributed by atoms with Crippen LogP contribution >= 0.6 is 0 Å². The Morgan fingerprint density at radius 2 is 1.91 bits per heavy atom. The minimum atomic E-state index is 0.129. The van der Waals surface area contributed by atoms with Gasteiger partial charge >= 0.3 is 6.03 Å². The molecule has 5 heteroatoms. The summed E-state index contributed by atoms with van der Waals surface area (Å²) in [5, 5.41) is 3.12. The zero-order valence-corrected chi connectivity index (χ0v) is 15.6. The molecule has 2 amide bonds. The van der Waals surface area contributed by atoms with Gasteiger partial charge in [0.25, 0.3) is 0 Å². The van der Waals surface area contributed by atoms with E-state index in [2.05, 4.69) is 42.9 Å². The summed E-state index contributed by atoms with van der Waals surface area (Å²) in [6, 6.07) is 0.129. The number of piperidine rings is 1. The molecule has 2 rings (SSSR count). The maximum absolute atomic E-state index is 12.3. The van der Waals surface area contributed by atoms with Crippen molar-refractivity contribution < 1.29 is 4.79 Å². The lowest BCUT2D eigenvalue weighted by Crippen LogP contribution is -2.45. The monoisotopic (exact) mass is 324 g/mol. The summed E-state index contributed by atoms with van der Waals surface area (Å²) in [6.07, 6.45) is 2.48. The van der Waals surface area contributed by atoms with Crippen molar-refractivity contribution in [3.63, 3.8) is 0 Å². The molecule has 0 aliphatic carbocycles. The number of hydrogen-bond acceptors (Lipinski definition) is 3. The molecule has 0 saturated carbocycles. The molecule has 2 fully saturated rings. The van der Waals surface area contributed by atoms with Crippen LogP contribution in [0.5, 0.6) is 0 Å². The van der Waals surface area contributed by atoms with Crippen LogP contribution in [0.25, 0.3) is 0 Å². The first-order valence-corrected chi connectivity index (χ1v) is 9.41. The fraction of sp³-hybridized carbons (Fsp3) is 0.944. The number of nitrogens with zero attached hydrogens (tertiary/aromatic N) is 3. The second-order valence-electron chi connectivity index (χ2n) is 7.89. The summed E-state index contributed by atoms with van der Waals surface area (Å²) in [6.45, 7) is 15.0. The summed E-state index contributed by atoms with van der Waals surface area (Å²) >= 11 is 0. The number of amides is 2. The van der Waals surface area contributed by atoms with Crippen LogP contribution in [-0.4, -0.2) is 80.1 Å². The van der Waals surface area contributed by atoms with E-state index in [9.17, 15) is 4.79 Å². The zero-order chi connectivity index (χ0) is 16.8. The first kappa shape index (κ1) is 18.5. The van der Waals surface area contributed by atoms with Crippen molar-refractivity contribution in [3.8, 4) is 0 Å². The van der Waals surface area contributed by atoms with Crippen LogP contribution in [0.15, 0.2) is 0 Å². The van der Waals surface area contributed by atoms with E-state index in [4.69, 9.17) is 0 Å². The smallest absolute Gasteiger partial charge is 0.317 e. The lowest BCUT2D eigenvalue weighted by Gasteiger charge is -2.35. The zero-order valence-electron chi connectivity index (χ0n) is 15.6. The Hall–Kier alpha value is -0.810. The average molecular weight is 325 g/mol. The van der Waals surface area contributed by atoms with Crippen molar-refractivity contribution in [1.82, 2.24) is 20.0 Å². The van der Waals surface area contributed by atoms with Gasteiger partial charge in [-0.1, -0.05) is 20.8 Å². The Labute approximate surface area is 142 Å². The molecule has 134 valence electrons. The molecule has 0 unspecified atom stereocenters. The molecule has 1 N–H and O–H groups in total. The number of hydrogen-bond donors (Lipinski definition) is 1. The quantitative estimate of drug-likeness (QED) is 0.812. The van der Waals surface area contributed by atoms with Gasteiger partial charge in [-0.15, -0.1) is 0 Å². The second kappa shape index (κ2) is 8.88. The van der Waals surface area contributed by atoms with Gasteiger partial charge < -0.3 is 20.0 Å². The van der Waals surface area contributed by atoms with Crippen LogP contribution in [0.1, 0.15) is 33.6 Å². The average Bonchev–Trinajstić information content (AvgIpc) is 2.94. The Balaban J connectivity index is 1.63. The molecular formula is C18H36N4O. The molecule has 0 bridgehead atoms. The molecule has 0 spiro atoms. The van der Waals surface area contributed by atoms with Crippen molar-refractivity contribution in [2.45, 2.75) is 33.6 Å². The summed E-state index contributed by atoms with van der Waals surface area (Å²) < 4.78 is 0. The topological polar surface area (TPSA) is 38.8 Å². The lowest BCUT2D eigenvalue weighted by molar-refractivity contribution is 0.141. The molecule has 3 atom stereocenters. The Morgan fingerprint density at radius 3 is 2.57 bits per heavy atom. The van der Waals surface area contributed by atoms with Crippen molar-refractivity contribution in [3.05, 3.63) is 0 Å². The molecule has 2 aliphatic rings. The first-order chi connectivity index (χ1) is 11.0. The van der Waals surface area contributed by atoms with Crippen LogP contribution in [0.3, 0.4) is 0 Å². The van der Waals surface area contributed by atoms with Gasteiger partial charge in [0.1, 0.15) is 0 Å². The molecule has 0 aromatic carbocycles. The molecular weight excluding hydrogens is 288 g/mol. The number of likely N-dealkylation sites (tertiary alicyclic amines) is 2. The van der Waals surface area contributed by atoms with E-state index in [-0.39, 0.29) is 6.03 Å². The van der Waals surface area contributed by atoms with Crippen LogP contribution in [0.2, 0.25) is 0 Å². The van der Waals surface area contributed by atoms with Gasteiger partial charge in [0.15, 0.2) is 0 Å². The molecule has 0 aromatic heterocycles. The number of carbonyl (C=O) groups is 1. The van der Waals surface area contributed by atoms with Gasteiger partial charge in [-0.2, -0.15) is 0 Å². The minimum Gasteiger partial charge on any atom is -0.337 e. The molecule has 2 saturated heterocycles. The molecule has 2 heterocycles. The van der Waals surface area contributed by atoms with Crippen molar-refractivity contribution in [1.29, 1.82) is 0 Å². The number of carbonyl (C=O) groups excluding carboxylic acids is 1. The standard InChI is InChI=1S/C18H36N4O/c1-5-20(4)13-17-6-8-22(14-17)18(23)19-7-9-21-11-15(2)10-16(3)12-21/h15-17H,5-14H2,1-4H3,(H,19,23)/t15-,16-,17+/m1/s1. The van der Waals surface area contributed by atoms with E-state index in [0.717, 1.165) is 57.5 Å². The first-order valence-electron chi connectivity index (χ1n) is 9.41. The maximum atomic E-state index is 12.3. The van der Waals surface area contributed by atoms with Gasteiger partial charge in [-0.3, -0.25) is 0 Å². The SMILES string of the molecule is CCN(C)C[C@@H]1CCN(C(=O)NCCN2C[C@H](C)C[C@@H](C)C2)C1. The van der Waals surface area contributed by atoms with Gasteiger partial charge in [0.2, 0.25) is 0 Å². The summed E-state index contributed by atoms with van der Waals surface area (Å²) in [4.78, 5) is 19.1. The van der Waals surface area contributed by atoms with Gasteiger partial charge in [0.05, 0.1) is 0 Å². The Kier molecular flexibility index (Phi) is 7.15. The second-order valence-corrected chi connectivity index (χ2v) is 7.89. The molecule has 2 aliphatic heterocycles. The van der Waals surface area contributed by atoms with E-state index < -0.39 is 0 Å². The molecule has 23 heavy (non-hydrogen) atoms. The largest absolute Gasteiger partial charge is 0.337 e. The number of rotatable bonds is 6. The highest BCUT2D eigenvalue weighted by Crippen LogP contribution is 2.20. The van der Waals surface area contributed by atoms with Gasteiger partial charge in [-0.25, -0.2) is 4.79 Å².